The lowest BCUT2D eigenvalue weighted by molar-refractivity contribution is 1.01. The van der Waals surface area contributed by atoms with Crippen LogP contribution in [0.5, 0.6) is 0 Å². The van der Waals surface area contributed by atoms with Gasteiger partial charge in [-0.2, -0.15) is 0 Å². The molecule has 0 fully saturated rings. The van der Waals surface area contributed by atoms with Crippen LogP contribution in [0.15, 0.2) is 206 Å². The Balaban J connectivity index is 1.11. The zero-order valence-electron chi connectivity index (χ0n) is 31.4. The Morgan fingerprint density at radius 2 is 0.724 bits per heavy atom. The van der Waals surface area contributed by atoms with Crippen molar-refractivity contribution >= 4 is 65.2 Å². The summed E-state index contributed by atoms with van der Waals surface area (Å²) in [6.45, 7) is 0. The largest absolute Gasteiger partial charge is 0.294 e. The number of fused-ring (bicyclic) bond motifs is 10. The molecule has 4 aromatic heterocycles. The van der Waals surface area contributed by atoms with Gasteiger partial charge >= 0.3 is 0 Å². The van der Waals surface area contributed by atoms with Gasteiger partial charge in [0.05, 0.1) is 33.5 Å². The maximum absolute atomic E-state index is 5.62. The Hall–Kier alpha value is -7.82. The molecule has 0 unspecified atom stereocenters. The second-order valence-electron chi connectivity index (χ2n) is 15.0. The van der Waals surface area contributed by atoms with Crippen molar-refractivity contribution in [1.82, 2.24) is 19.1 Å². The summed E-state index contributed by atoms with van der Waals surface area (Å²) in [6.07, 6.45) is 0. The van der Waals surface area contributed by atoms with Crippen LogP contribution in [0.1, 0.15) is 0 Å². The van der Waals surface area contributed by atoms with E-state index >= 15 is 0 Å². The van der Waals surface area contributed by atoms with E-state index in [1.165, 1.54) is 43.1 Å². The highest BCUT2D eigenvalue weighted by Gasteiger charge is 2.20. The van der Waals surface area contributed by atoms with Crippen LogP contribution in [0.3, 0.4) is 0 Å². The molecular formula is C54H34N4. The van der Waals surface area contributed by atoms with Crippen LogP contribution in [0.2, 0.25) is 0 Å². The number of aromatic nitrogens is 4. The molecule has 12 rings (SSSR count). The topological polar surface area (TPSA) is 35.6 Å². The van der Waals surface area contributed by atoms with Gasteiger partial charge in [0.1, 0.15) is 11.6 Å². The van der Waals surface area contributed by atoms with Crippen LogP contribution in [-0.4, -0.2) is 19.1 Å². The Morgan fingerprint density at radius 3 is 1.28 bits per heavy atom. The average Bonchev–Trinajstić information content (AvgIpc) is 3.83. The van der Waals surface area contributed by atoms with Crippen LogP contribution < -0.4 is 0 Å². The molecule has 8 aromatic carbocycles. The lowest BCUT2D eigenvalue weighted by atomic mass is 10.0. The lowest BCUT2D eigenvalue weighted by Gasteiger charge is -2.15. The van der Waals surface area contributed by atoms with E-state index in [0.29, 0.717) is 0 Å². The first kappa shape index (κ1) is 32.4. The number of rotatable bonds is 5. The van der Waals surface area contributed by atoms with Crippen molar-refractivity contribution in [2.75, 3.05) is 0 Å². The molecule has 0 radical (unpaired) electrons. The Kier molecular flexibility index (Phi) is 7.20. The minimum absolute atomic E-state index is 0.863. The van der Waals surface area contributed by atoms with Crippen molar-refractivity contribution in [2.24, 2.45) is 0 Å². The minimum atomic E-state index is 0.863. The van der Waals surface area contributed by atoms with Gasteiger partial charge in [0.25, 0.3) is 0 Å². The van der Waals surface area contributed by atoms with Crippen LogP contribution in [0, 0.1) is 0 Å². The molecule has 0 amide bonds. The van der Waals surface area contributed by atoms with Crippen molar-refractivity contribution in [3.63, 3.8) is 0 Å². The van der Waals surface area contributed by atoms with Crippen molar-refractivity contribution in [1.29, 1.82) is 0 Å². The fourth-order valence-corrected chi connectivity index (χ4v) is 9.07. The van der Waals surface area contributed by atoms with Crippen LogP contribution in [0.25, 0.3) is 110 Å². The summed E-state index contributed by atoms with van der Waals surface area (Å²) in [5.74, 6) is 1.73. The molecule has 0 saturated heterocycles. The standard InChI is InChI=1S/C54H34N4/c1-2-15-38(16-3-1)45-21-12-22-46(55-45)39-27-25-35(26-28-39)40-33-51(57-47-23-10-8-19-43(47)53-41-17-6-4-13-36(41)29-31-49(53)57)56-52(34-40)58-48-24-11-9-20-44(48)54-42-18-7-5-14-37(42)30-32-50(54)58/h1-34H. The summed E-state index contributed by atoms with van der Waals surface area (Å²) >= 11 is 0. The maximum Gasteiger partial charge on any atom is 0.140 e. The summed E-state index contributed by atoms with van der Waals surface area (Å²) in [6, 6.07) is 73.7. The van der Waals surface area contributed by atoms with E-state index in [0.717, 1.165) is 67.3 Å². The van der Waals surface area contributed by atoms with E-state index < -0.39 is 0 Å². The number of para-hydroxylation sites is 2. The van der Waals surface area contributed by atoms with E-state index in [9.17, 15) is 0 Å². The van der Waals surface area contributed by atoms with Crippen LogP contribution >= 0.6 is 0 Å². The summed E-state index contributed by atoms with van der Waals surface area (Å²) < 4.78 is 4.70. The van der Waals surface area contributed by atoms with E-state index in [1.54, 1.807) is 0 Å². The smallest absolute Gasteiger partial charge is 0.140 e. The normalized spacial score (nSPS) is 11.8. The van der Waals surface area contributed by atoms with E-state index in [-0.39, 0.29) is 0 Å². The molecule has 12 aromatic rings. The summed E-state index contributed by atoms with van der Waals surface area (Å²) in [5.41, 5.74) is 10.8. The maximum atomic E-state index is 5.62. The first-order chi connectivity index (χ1) is 28.8. The third kappa shape index (κ3) is 5.02. The fourth-order valence-electron chi connectivity index (χ4n) is 9.07. The highest BCUT2D eigenvalue weighted by molar-refractivity contribution is 6.22. The first-order valence-electron chi connectivity index (χ1n) is 19.7. The quantitative estimate of drug-likeness (QED) is 0.176. The van der Waals surface area contributed by atoms with Gasteiger partial charge in [-0.25, -0.2) is 9.97 Å². The summed E-state index contributed by atoms with van der Waals surface area (Å²) in [7, 11) is 0. The molecular weight excluding hydrogens is 705 g/mol. The van der Waals surface area contributed by atoms with Gasteiger partial charge in [-0.05, 0) is 81.2 Å². The SMILES string of the molecule is c1ccc(-c2cccc(-c3ccc(-c4cc(-n5c6ccccc6c6c7ccccc7ccc65)nc(-n5c6ccccc6c6c7ccccc7ccc65)c4)cc3)n2)cc1. The monoisotopic (exact) mass is 738 g/mol. The molecule has 0 bridgehead atoms. The highest BCUT2D eigenvalue weighted by atomic mass is 15.1. The van der Waals surface area contributed by atoms with Crippen molar-refractivity contribution in [2.45, 2.75) is 0 Å². The number of benzene rings is 8. The van der Waals surface area contributed by atoms with Crippen LogP contribution in [-0.2, 0) is 0 Å². The molecule has 4 heterocycles. The molecule has 270 valence electrons. The molecule has 0 aliphatic heterocycles. The van der Waals surface area contributed by atoms with E-state index in [2.05, 4.69) is 209 Å². The molecule has 0 aliphatic carbocycles. The van der Waals surface area contributed by atoms with E-state index in [1.807, 2.05) is 6.07 Å². The molecule has 4 heteroatoms. The zero-order valence-corrected chi connectivity index (χ0v) is 31.4. The molecule has 0 aliphatic rings. The number of pyridine rings is 2. The molecule has 0 spiro atoms. The summed E-state index contributed by atoms with van der Waals surface area (Å²) in [4.78, 5) is 10.7. The molecule has 58 heavy (non-hydrogen) atoms. The second kappa shape index (κ2) is 12.9. The van der Waals surface area contributed by atoms with Gasteiger partial charge in [0, 0.05) is 32.7 Å². The van der Waals surface area contributed by atoms with E-state index in [4.69, 9.17) is 9.97 Å². The van der Waals surface area contributed by atoms with Gasteiger partial charge < -0.3 is 0 Å². The first-order valence-corrected chi connectivity index (χ1v) is 19.7. The molecule has 0 N–H and O–H groups in total. The molecule has 0 atom stereocenters. The zero-order chi connectivity index (χ0) is 38.2. The number of hydrogen-bond acceptors (Lipinski definition) is 2. The second-order valence-corrected chi connectivity index (χ2v) is 15.0. The van der Waals surface area contributed by atoms with Crippen LogP contribution in [0.4, 0.5) is 0 Å². The number of hydrogen-bond donors (Lipinski definition) is 0. The number of nitrogens with zero attached hydrogens (tertiary/aromatic N) is 4. The lowest BCUT2D eigenvalue weighted by Crippen LogP contribution is -2.04. The third-order valence-corrected chi connectivity index (χ3v) is 11.7. The Morgan fingerprint density at radius 1 is 0.276 bits per heavy atom. The average molecular weight is 739 g/mol. The highest BCUT2D eigenvalue weighted by Crippen LogP contribution is 2.40. The Bertz CT molecular complexity index is 3390. The fraction of sp³-hybridized carbons (Fsp3) is 0. The van der Waals surface area contributed by atoms with Crippen molar-refractivity contribution in [3.8, 4) is 45.3 Å². The predicted molar refractivity (Wildman–Crippen MR) is 242 cm³/mol. The predicted octanol–water partition coefficient (Wildman–Crippen LogP) is 14.0. The van der Waals surface area contributed by atoms with Gasteiger partial charge in [0.15, 0.2) is 0 Å². The molecule has 0 saturated carbocycles. The van der Waals surface area contributed by atoms with Crippen molar-refractivity contribution < 1.29 is 0 Å². The minimum Gasteiger partial charge on any atom is -0.294 e. The van der Waals surface area contributed by atoms with Gasteiger partial charge in [0.2, 0.25) is 0 Å². The Labute approximate surface area is 334 Å². The molecule has 4 nitrogen and oxygen atoms in total. The van der Waals surface area contributed by atoms with Gasteiger partial charge in [-0.15, -0.1) is 0 Å². The third-order valence-electron chi connectivity index (χ3n) is 11.7. The van der Waals surface area contributed by atoms with Gasteiger partial charge in [-0.1, -0.05) is 158 Å². The van der Waals surface area contributed by atoms with Gasteiger partial charge in [-0.3, -0.25) is 9.13 Å². The van der Waals surface area contributed by atoms with Crippen molar-refractivity contribution in [3.05, 3.63) is 206 Å². The summed E-state index contributed by atoms with van der Waals surface area (Å²) in [5, 5.41) is 9.81.